The van der Waals surface area contributed by atoms with Crippen LogP contribution in [0.2, 0.25) is 0 Å². The first-order valence-electron chi connectivity index (χ1n) is 10.7. The van der Waals surface area contributed by atoms with E-state index in [9.17, 15) is 14.4 Å². The molecule has 0 aromatic heterocycles. The van der Waals surface area contributed by atoms with Crippen LogP contribution < -0.4 is 15.0 Å². The highest BCUT2D eigenvalue weighted by atomic mass is 16.5. The fourth-order valence-electron chi connectivity index (χ4n) is 4.21. The van der Waals surface area contributed by atoms with Crippen molar-refractivity contribution in [3.8, 4) is 5.75 Å². The highest BCUT2D eigenvalue weighted by Gasteiger charge is 2.39. The molecule has 2 aliphatic heterocycles. The van der Waals surface area contributed by atoms with E-state index >= 15 is 0 Å². The monoisotopic (exact) mass is 414 g/mol. The summed E-state index contributed by atoms with van der Waals surface area (Å²) in [4.78, 5) is 43.3. The van der Waals surface area contributed by atoms with Crippen LogP contribution in [0.4, 0.5) is 5.69 Å². The molecule has 2 heterocycles. The van der Waals surface area contributed by atoms with Crippen LogP contribution in [0.25, 0.3) is 0 Å². The van der Waals surface area contributed by atoms with Gasteiger partial charge in [0.2, 0.25) is 17.7 Å². The molecule has 30 heavy (non-hydrogen) atoms. The molecule has 162 valence electrons. The first-order valence-corrected chi connectivity index (χ1v) is 10.7. The Kier molecular flexibility index (Phi) is 5.94. The number of anilines is 1. The van der Waals surface area contributed by atoms with E-state index in [4.69, 9.17) is 4.74 Å². The van der Waals surface area contributed by atoms with Gasteiger partial charge in [0, 0.05) is 45.2 Å². The maximum Gasteiger partial charge on any atom is 0.234 e. The molecule has 0 radical (unpaired) electrons. The van der Waals surface area contributed by atoms with Crippen molar-refractivity contribution < 1.29 is 19.1 Å². The van der Waals surface area contributed by atoms with E-state index in [-0.39, 0.29) is 30.1 Å². The molecule has 8 nitrogen and oxygen atoms in total. The van der Waals surface area contributed by atoms with Gasteiger partial charge in [-0.2, -0.15) is 0 Å². The number of benzene rings is 1. The lowest BCUT2D eigenvalue weighted by atomic mass is 10.1. The number of hydrogen-bond acceptors (Lipinski definition) is 5. The van der Waals surface area contributed by atoms with Crippen molar-refractivity contribution in [2.45, 2.75) is 32.2 Å². The van der Waals surface area contributed by atoms with Crippen molar-refractivity contribution in [2.24, 2.45) is 5.92 Å². The SMILES string of the molecule is COc1ccc(C)cc1N1CC(C(=O)N2CCN(CC(=O)NC3CC3)CC2)CC1=O. The summed E-state index contributed by atoms with van der Waals surface area (Å²) in [7, 11) is 1.59. The van der Waals surface area contributed by atoms with E-state index in [1.165, 1.54) is 0 Å². The van der Waals surface area contributed by atoms with Crippen molar-refractivity contribution >= 4 is 23.4 Å². The van der Waals surface area contributed by atoms with Gasteiger partial charge in [-0.3, -0.25) is 19.3 Å². The minimum atomic E-state index is -0.340. The highest BCUT2D eigenvalue weighted by molar-refractivity contribution is 6.01. The van der Waals surface area contributed by atoms with Gasteiger partial charge in [0.05, 0.1) is 25.3 Å². The Morgan fingerprint density at radius 3 is 2.57 bits per heavy atom. The lowest BCUT2D eigenvalue weighted by Crippen LogP contribution is -2.52. The summed E-state index contributed by atoms with van der Waals surface area (Å²) in [6, 6.07) is 6.09. The number of hydrogen-bond donors (Lipinski definition) is 1. The molecule has 3 aliphatic rings. The zero-order chi connectivity index (χ0) is 21.3. The predicted octanol–water partition coefficient (Wildman–Crippen LogP) is 0.779. The van der Waals surface area contributed by atoms with Crippen LogP contribution in [0, 0.1) is 12.8 Å². The van der Waals surface area contributed by atoms with Gasteiger partial charge >= 0.3 is 0 Å². The van der Waals surface area contributed by atoms with Crippen LogP contribution in [0.1, 0.15) is 24.8 Å². The smallest absolute Gasteiger partial charge is 0.234 e. The van der Waals surface area contributed by atoms with Gasteiger partial charge < -0.3 is 19.9 Å². The Morgan fingerprint density at radius 2 is 1.90 bits per heavy atom. The summed E-state index contributed by atoms with van der Waals surface area (Å²) in [5, 5.41) is 3.00. The molecule has 0 bridgehead atoms. The van der Waals surface area contributed by atoms with Gasteiger partial charge in [-0.05, 0) is 37.5 Å². The Morgan fingerprint density at radius 1 is 1.17 bits per heavy atom. The molecule has 1 atom stereocenters. The van der Waals surface area contributed by atoms with Crippen molar-refractivity contribution in [1.82, 2.24) is 15.1 Å². The molecule has 1 N–H and O–H groups in total. The number of amides is 3. The van der Waals surface area contributed by atoms with Crippen LogP contribution in [0.3, 0.4) is 0 Å². The van der Waals surface area contributed by atoms with Crippen molar-refractivity contribution in [3.63, 3.8) is 0 Å². The van der Waals surface area contributed by atoms with E-state index in [0.717, 1.165) is 24.1 Å². The molecular formula is C22H30N4O4. The molecule has 1 aliphatic carbocycles. The molecule has 2 saturated heterocycles. The number of carbonyl (C=O) groups excluding carboxylic acids is 3. The summed E-state index contributed by atoms with van der Waals surface area (Å²) in [5.41, 5.74) is 1.76. The Balaban J connectivity index is 1.32. The molecular weight excluding hydrogens is 384 g/mol. The zero-order valence-corrected chi connectivity index (χ0v) is 17.7. The third-order valence-corrected chi connectivity index (χ3v) is 6.09. The Labute approximate surface area is 177 Å². The van der Waals surface area contributed by atoms with Gasteiger partial charge in [0.15, 0.2) is 0 Å². The van der Waals surface area contributed by atoms with Gasteiger partial charge in [-0.25, -0.2) is 0 Å². The second-order valence-corrected chi connectivity index (χ2v) is 8.52. The lowest BCUT2D eigenvalue weighted by Gasteiger charge is -2.35. The number of carbonyl (C=O) groups is 3. The van der Waals surface area contributed by atoms with Gasteiger partial charge in [-0.15, -0.1) is 0 Å². The third kappa shape index (κ3) is 4.59. The number of rotatable bonds is 6. The molecule has 4 rings (SSSR count). The van der Waals surface area contributed by atoms with Gasteiger partial charge in [-0.1, -0.05) is 6.07 Å². The second kappa shape index (κ2) is 8.63. The highest BCUT2D eigenvalue weighted by Crippen LogP contribution is 2.34. The van der Waals surface area contributed by atoms with E-state index < -0.39 is 0 Å². The molecule has 1 unspecified atom stereocenters. The third-order valence-electron chi connectivity index (χ3n) is 6.09. The van der Waals surface area contributed by atoms with Crippen molar-refractivity contribution in [1.29, 1.82) is 0 Å². The predicted molar refractivity (Wildman–Crippen MR) is 112 cm³/mol. The van der Waals surface area contributed by atoms with Crippen molar-refractivity contribution in [3.05, 3.63) is 23.8 Å². The number of aryl methyl sites for hydroxylation is 1. The number of methoxy groups -OCH3 is 1. The number of nitrogens with zero attached hydrogens (tertiary/aromatic N) is 3. The van der Waals surface area contributed by atoms with Crippen LogP contribution in [0.5, 0.6) is 5.75 Å². The fraction of sp³-hybridized carbons (Fsp3) is 0.591. The maximum atomic E-state index is 13.0. The van der Waals surface area contributed by atoms with E-state index in [1.54, 1.807) is 12.0 Å². The Hall–Kier alpha value is -2.61. The summed E-state index contributed by atoms with van der Waals surface area (Å²) in [6.07, 6.45) is 2.39. The van der Waals surface area contributed by atoms with Gasteiger partial charge in [0.1, 0.15) is 5.75 Å². The molecule has 1 saturated carbocycles. The van der Waals surface area contributed by atoms with E-state index in [0.29, 0.717) is 51.1 Å². The average Bonchev–Trinajstić information content (AvgIpc) is 3.46. The second-order valence-electron chi connectivity index (χ2n) is 8.52. The summed E-state index contributed by atoms with van der Waals surface area (Å²) >= 11 is 0. The van der Waals surface area contributed by atoms with Crippen molar-refractivity contribution in [2.75, 3.05) is 51.3 Å². The number of piperazine rings is 1. The summed E-state index contributed by atoms with van der Waals surface area (Å²) < 4.78 is 5.42. The minimum absolute atomic E-state index is 0.0274. The Bertz CT molecular complexity index is 830. The lowest BCUT2D eigenvalue weighted by molar-refractivity contribution is -0.137. The number of nitrogens with one attached hydrogen (secondary N) is 1. The summed E-state index contributed by atoms with van der Waals surface area (Å²) in [5.74, 6) is 0.348. The minimum Gasteiger partial charge on any atom is -0.495 e. The van der Waals surface area contributed by atoms with Crippen LogP contribution in [0.15, 0.2) is 18.2 Å². The van der Waals surface area contributed by atoms with E-state index in [1.807, 2.05) is 30.0 Å². The topological polar surface area (TPSA) is 82.2 Å². The number of ether oxygens (including phenoxy) is 1. The molecule has 1 aromatic rings. The van der Waals surface area contributed by atoms with Crippen LogP contribution >= 0.6 is 0 Å². The molecule has 8 heteroatoms. The van der Waals surface area contributed by atoms with Gasteiger partial charge in [0.25, 0.3) is 0 Å². The largest absolute Gasteiger partial charge is 0.495 e. The quantitative estimate of drug-likeness (QED) is 0.744. The first-order chi connectivity index (χ1) is 14.4. The zero-order valence-electron chi connectivity index (χ0n) is 17.7. The molecule has 1 aromatic carbocycles. The maximum absolute atomic E-state index is 13.0. The fourth-order valence-corrected chi connectivity index (χ4v) is 4.21. The van der Waals surface area contributed by atoms with Crippen LogP contribution in [-0.2, 0) is 14.4 Å². The first kappa shape index (κ1) is 20.7. The average molecular weight is 415 g/mol. The molecule has 3 amide bonds. The summed E-state index contributed by atoms with van der Waals surface area (Å²) in [6.45, 7) is 5.28. The standard InChI is InChI=1S/C22H30N4O4/c1-15-3-6-19(30-2)18(11-15)26-13-16(12-21(26)28)22(29)25-9-7-24(8-10-25)14-20(27)23-17-4-5-17/h3,6,11,16-17H,4-5,7-10,12-14H2,1-2H3,(H,23,27). The molecule has 0 spiro atoms. The van der Waals surface area contributed by atoms with E-state index in [2.05, 4.69) is 10.2 Å². The normalized spacial score (nSPS) is 22.3. The van der Waals surface area contributed by atoms with Crippen LogP contribution in [-0.4, -0.2) is 79.9 Å². The molecule has 3 fully saturated rings.